The lowest BCUT2D eigenvalue weighted by molar-refractivity contribution is -0.101. The van der Waals surface area contributed by atoms with E-state index in [9.17, 15) is 0 Å². The number of nitrogens with one attached hydrogen (secondary N) is 1. The van der Waals surface area contributed by atoms with Gasteiger partial charge in [-0.3, -0.25) is 0 Å². The minimum absolute atomic E-state index is 0.185. The van der Waals surface area contributed by atoms with Crippen LogP contribution in [0.5, 0.6) is 0 Å². The van der Waals surface area contributed by atoms with Crippen molar-refractivity contribution in [2.75, 3.05) is 26.9 Å². The van der Waals surface area contributed by atoms with Gasteiger partial charge in [0.2, 0.25) is 11.7 Å². The van der Waals surface area contributed by atoms with Crippen molar-refractivity contribution in [2.24, 2.45) is 0 Å². The summed E-state index contributed by atoms with van der Waals surface area (Å²) in [6.07, 6.45) is 2.55. The summed E-state index contributed by atoms with van der Waals surface area (Å²) in [5.41, 5.74) is -0.459. The largest absolute Gasteiger partial charge is 0.381 e. The van der Waals surface area contributed by atoms with Gasteiger partial charge in [0.1, 0.15) is 5.60 Å². The molecule has 2 atom stereocenters. The maximum Gasteiger partial charge on any atom is 0.231 e. The highest BCUT2D eigenvalue weighted by molar-refractivity contribution is 5.06. The molecule has 2 heterocycles. The average Bonchev–Trinajstić information content (AvgIpc) is 3.03. The fraction of sp³-hybridized carbons (Fsp3) is 0.867. The first-order valence-electron chi connectivity index (χ1n) is 7.87. The monoisotopic (exact) mass is 297 g/mol. The van der Waals surface area contributed by atoms with Crippen LogP contribution in [0.25, 0.3) is 0 Å². The van der Waals surface area contributed by atoms with Gasteiger partial charge < -0.3 is 19.3 Å². The number of likely N-dealkylation sites (N-methyl/N-ethyl adjacent to an activating group) is 1. The summed E-state index contributed by atoms with van der Waals surface area (Å²) in [5, 5.41) is 7.65. The number of rotatable bonds is 7. The van der Waals surface area contributed by atoms with Gasteiger partial charge in [-0.05, 0) is 13.0 Å². The van der Waals surface area contributed by atoms with E-state index in [2.05, 4.69) is 36.2 Å². The Hall–Kier alpha value is -0.980. The molecule has 0 aromatic carbocycles. The molecule has 1 saturated heterocycles. The third-order valence-electron chi connectivity index (χ3n) is 4.44. The molecule has 1 aliphatic heterocycles. The second-order valence-electron chi connectivity index (χ2n) is 5.63. The van der Waals surface area contributed by atoms with E-state index in [4.69, 9.17) is 14.0 Å². The average molecular weight is 297 g/mol. The smallest absolute Gasteiger partial charge is 0.231 e. The number of hydrogen-bond acceptors (Lipinski definition) is 6. The van der Waals surface area contributed by atoms with E-state index in [-0.39, 0.29) is 5.92 Å². The fourth-order valence-corrected chi connectivity index (χ4v) is 2.93. The van der Waals surface area contributed by atoms with E-state index in [1.807, 2.05) is 0 Å². The molecule has 0 bridgehead atoms. The van der Waals surface area contributed by atoms with Crippen LogP contribution in [-0.4, -0.2) is 43.1 Å². The van der Waals surface area contributed by atoms with Crippen LogP contribution in [0.15, 0.2) is 4.52 Å². The van der Waals surface area contributed by atoms with Crippen LogP contribution < -0.4 is 5.32 Å². The molecule has 0 amide bonds. The number of aromatic nitrogens is 2. The normalized spacial score (nSPS) is 21.1. The number of methoxy groups -OCH3 is 1. The zero-order valence-corrected chi connectivity index (χ0v) is 13.5. The van der Waals surface area contributed by atoms with Crippen LogP contribution in [0.1, 0.15) is 57.7 Å². The molecule has 1 N–H and O–H groups in total. The first-order chi connectivity index (χ1) is 10.2. The highest BCUT2D eigenvalue weighted by Crippen LogP contribution is 2.34. The summed E-state index contributed by atoms with van der Waals surface area (Å²) in [6, 6.07) is 0.344. The van der Waals surface area contributed by atoms with Gasteiger partial charge in [0.05, 0.1) is 5.92 Å². The second-order valence-corrected chi connectivity index (χ2v) is 5.63. The molecule has 0 aliphatic carbocycles. The van der Waals surface area contributed by atoms with Gasteiger partial charge in [0.15, 0.2) is 0 Å². The molecule has 2 unspecified atom stereocenters. The summed E-state index contributed by atoms with van der Waals surface area (Å²) >= 11 is 0. The lowest BCUT2D eigenvalue weighted by Gasteiger charge is -2.32. The molecule has 1 aromatic heterocycles. The highest BCUT2D eigenvalue weighted by atomic mass is 16.5. The van der Waals surface area contributed by atoms with Gasteiger partial charge in [-0.15, -0.1) is 0 Å². The first kappa shape index (κ1) is 16.4. The van der Waals surface area contributed by atoms with Crippen molar-refractivity contribution < 1.29 is 14.0 Å². The van der Waals surface area contributed by atoms with Crippen molar-refractivity contribution in [2.45, 2.75) is 57.6 Å². The van der Waals surface area contributed by atoms with Gasteiger partial charge in [-0.1, -0.05) is 25.9 Å². The van der Waals surface area contributed by atoms with Crippen LogP contribution in [0.4, 0.5) is 0 Å². The van der Waals surface area contributed by atoms with E-state index in [1.165, 1.54) is 0 Å². The second kappa shape index (κ2) is 7.33. The maximum absolute atomic E-state index is 5.71. The highest BCUT2D eigenvalue weighted by Gasteiger charge is 2.39. The first-order valence-corrected chi connectivity index (χ1v) is 7.87. The summed E-state index contributed by atoms with van der Waals surface area (Å²) in [7, 11) is 1.71. The molecule has 0 radical (unpaired) electrons. The van der Waals surface area contributed by atoms with Gasteiger partial charge in [-0.25, -0.2) is 0 Å². The molecule has 6 nitrogen and oxygen atoms in total. The van der Waals surface area contributed by atoms with Crippen molar-refractivity contribution in [3.63, 3.8) is 0 Å². The number of hydrogen-bond donors (Lipinski definition) is 1. The maximum atomic E-state index is 5.71. The SMILES string of the molecule is CCNC(CC)C(C)c1nc(C2(OC)CCOCC2)no1. The lowest BCUT2D eigenvalue weighted by atomic mass is 9.93. The van der Waals surface area contributed by atoms with Crippen LogP contribution in [0.3, 0.4) is 0 Å². The van der Waals surface area contributed by atoms with E-state index >= 15 is 0 Å². The van der Waals surface area contributed by atoms with Gasteiger partial charge in [0.25, 0.3) is 0 Å². The van der Waals surface area contributed by atoms with Crippen molar-refractivity contribution in [1.82, 2.24) is 15.5 Å². The third-order valence-corrected chi connectivity index (χ3v) is 4.44. The van der Waals surface area contributed by atoms with Crippen molar-refractivity contribution in [3.8, 4) is 0 Å². The molecule has 2 rings (SSSR count). The Labute approximate surface area is 126 Å². The molecular weight excluding hydrogens is 270 g/mol. The van der Waals surface area contributed by atoms with E-state index in [1.54, 1.807) is 7.11 Å². The van der Waals surface area contributed by atoms with Gasteiger partial charge >= 0.3 is 0 Å². The third kappa shape index (κ3) is 3.44. The Morgan fingerprint density at radius 2 is 2.05 bits per heavy atom. The minimum atomic E-state index is -0.459. The van der Waals surface area contributed by atoms with E-state index < -0.39 is 5.60 Å². The fourth-order valence-electron chi connectivity index (χ4n) is 2.93. The zero-order valence-electron chi connectivity index (χ0n) is 13.5. The zero-order chi connectivity index (χ0) is 15.3. The standard InChI is InChI=1S/C15H27N3O3/c1-5-12(16-6-2)11(3)13-17-14(18-21-13)15(19-4)7-9-20-10-8-15/h11-12,16H,5-10H2,1-4H3. The lowest BCUT2D eigenvalue weighted by Crippen LogP contribution is -2.37. The predicted molar refractivity (Wildman–Crippen MR) is 79.2 cm³/mol. The number of nitrogens with zero attached hydrogens (tertiary/aromatic N) is 2. The molecule has 1 fully saturated rings. The Bertz CT molecular complexity index is 430. The Morgan fingerprint density at radius 3 is 2.62 bits per heavy atom. The number of ether oxygens (including phenoxy) is 2. The van der Waals surface area contributed by atoms with Crippen molar-refractivity contribution in [1.29, 1.82) is 0 Å². The van der Waals surface area contributed by atoms with Gasteiger partial charge in [0, 0.05) is 39.2 Å². The van der Waals surface area contributed by atoms with Crippen LogP contribution in [-0.2, 0) is 15.1 Å². The molecule has 6 heteroatoms. The summed E-state index contributed by atoms with van der Waals surface area (Å²) < 4.78 is 16.6. The molecule has 0 saturated carbocycles. The topological polar surface area (TPSA) is 69.4 Å². The van der Waals surface area contributed by atoms with Crippen molar-refractivity contribution in [3.05, 3.63) is 11.7 Å². The van der Waals surface area contributed by atoms with E-state index in [0.29, 0.717) is 31.0 Å². The predicted octanol–water partition coefficient (Wildman–Crippen LogP) is 2.21. The van der Waals surface area contributed by atoms with Gasteiger partial charge in [-0.2, -0.15) is 4.98 Å². The van der Waals surface area contributed by atoms with Crippen LogP contribution in [0.2, 0.25) is 0 Å². The minimum Gasteiger partial charge on any atom is -0.381 e. The Balaban J connectivity index is 2.16. The van der Waals surface area contributed by atoms with Crippen molar-refractivity contribution >= 4 is 0 Å². The molecule has 0 spiro atoms. The quantitative estimate of drug-likeness (QED) is 0.832. The molecule has 1 aromatic rings. The summed E-state index contributed by atoms with van der Waals surface area (Å²) in [5.74, 6) is 1.52. The molecule has 21 heavy (non-hydrogen) atoms. The molecule has 1 aliphatic rings. The summed E-state index contributed by atoms with van der Waals surface area (Å²) in [6.45, 7) is 8.66. The molecule has 120 valence electrons. The van der Waals surface area contributed by atoms with Crippen LogP contribution >= 0.6 is 0 Å². The Kier molecular flexibility index (Phi) is 5.72. The Morgan fingerprint density at radius 1 is 1.33 bits per heavy atom. The van der Waals surface area contributed by atoms with E-state index in [0.717, 1.165) is 25.8 Å². The summed E-state index contributed by atoms with van der Waals surface area (Å²) in [4.78, 5) is 4.63. The van der Waals surface area contributed by atoms with Crippen LogP contribution in [0, 0.1) is 0 Å². The molecular formula is C15H27N3O3.